The van der Waals surface area contributed by atoms with Crippen LogP contribution in [0.3, 0.4) is 0 Å². The molecule has 1 aliphatic heterocycles. The number of rotatable bonds is 6. The van der Waals surface area contributed by atoms with Crippen molar-refractivity contribution < 1.29 is 22.1 Å². The maximum atomic E-state index is 14.0. The lowest BCUT2D eigenvalue weighted by Gasteiger charge is -2.31. The van der Waals surface area contributed by atoms with Crippen LogP contribution in [0.4, 0.5) is 10.1 Å². The number of halogens is 1. The Hall–Kier alpha value is -3.30. The van der Waals surface area contributed by atoms with E-state index in [-0.39, 0.29) is 35.3 Å². The molecule has 1 aromatic heterocycles. The van der Waals surface area contributed by atoms with Crippen LogP contribution in [0.2, 0.25) is 0 Å². The van der Waals surface area contributed by atoms with Gasteiger partial charge in [0.05, 0.1) is 5.92 Å². The van der Waals surface area contributed by atoms with E-state index >= 15 is 0 Å². The Morgan fingerprint density at radius 2 is 1.94 bits per heavy atom. The van der Waals surface area contributed by atoms with Crippen molar-refractivity contribution in [3.8, 4) is 0 Å². The van der Waals surface area contributed by atoms with Crippen molar-refractivity contribution in [3.63, 3.8) is 0 Å². The summed E-state index contributed by atoms with van der Waals surface area (Å²) in [7, 11) is -4.00. The standard InChI is InChI=1S/C26H28FN3O4S/c1-17-10-12-23(18(2)15-17)28-26(31)21-8-6-14-30(16-21)35(32,33)25-19(3)29-34-24(25)13-11-20-7-4-5-9-22(20)27/h4-5,7,9-13,15,21H,6,8,14,16H2,1-3H3,(H,28,31)/b13-11+/t21-/m1/s1. The molecule has 1 aliphatic rings. The second-order valence-corrected chi connectivity index (χ2v) is 10.7. The van der Waals surface area contributed by atoms with E-state index in [1.54, 1.807) is 25.1 Å². The summed E-state index contributed by atoms with van der Waals surface area (Å²) in [6.45, 7) is 5.79. The molecule has 0 unspecified atom stereocenters. The van der Waals surface area contributed by atoms with E-state index in [0.717, 1.165) is 16.8 Å². The molecule has 1 atom stereocenters. The number of nitrogens with zero attached hydrogens (tertiary/aromatic N) is 2. The van der Waals surface area contributed by atoms with Gasteiger partial charge in [0.25, 0.3) is 0 Å². The number of hydrogen-bond acceptors (Lipinski definition) is 5. The van der Waals surface area contributed by atoms with Gasteiger partial charge in [0.15, 0.2) is 10.7 Å². The lowest BCUT2D eigenvalue weighted by Crippen LogP contribution is -2.44. The van der Waals surface area contributed by atoms with E-state index < -0.39 is 21.8 Å². The number of piperidine rings is 1. The zero-order valence-electron chi connectivity index (χ0n) is 19.9. The fraction of sp³-hybridized carbons (Fsp3) is 0.308. The van der Waals surface area contributed by atoms with Crippen LogP contribution in [-0.2, 0) is 14.8 Å². The minimum absolute atomic E-state index is 0.0209. The van der Waals surface area contributed by atoms with Crippen LogP contribution in [0, 0.1) is 32.5 Å². The SMILES string of the molecule is Cc1ccc(NC(=O)[C@@H]2CCCN(S(=O)(=O)c3c(C)noc3/C=C/c3ccccc3F)C2)c(C)c1. The molecule has 0 radical (unpaired) electrons. The first-order valence-electron chi connectivity index (χ1n) is 11.4. The maximum absolute atomic E-state index is 14.0. The Balaban J connectivity index is 1.54. The molecule has 2 heterocycles. The first-order valence-corrected chi connectivity index (χ1v) is 12.9. The molecule has 2 aromatic carbocycles. The summed E-state index contributed by atoms with van der Waals surface area (Å²) in [4.78, 5) is 12.9. The number of nitrogens with one attached hydrogen (secondary N) is 1. The first-order chi connectivity index (χ1) is 16.7. The fourth-order valence-corrected chi connectivity index (χ4v) is 6.04. The largest absolute Gasteiger partial charge is 0.355 e. The molecule has 1 N–H and O–H groups in total. The predicted molar refractivity (Wildman–Crippen MR) is 133 cm³/mol. The highest BCUT2D eigenvalue weighted by Gasteiger charge is 2.37. The van der Waals surface area contributed by atoms with Gasteiger partial charge in [-0.3, -0.25) is 4.79 Å². The second kappa shape index (κ2) is 10.1. The summed E-state index contributed by atoms with van der Waals surface area (Å²) in [5, 5.41) is 6.78. The zero-order valence-corrected chi connectivity index (χ0v) is 20.7. The van der Waals surface area contributed by atoms with Crippen molar-refractivity contribution in [2.24, 2.45) is 5.92 Å². The summed E-state index contributed by atoms with van der Waals surface area (Å²) in [5.74, 6) is -1.11. The van der Waals surface area contributed by atoms with Crippen LogP contribution in [0.15, 0.2) is 51.9 Å². The number of aryl methyl sites for hydroxylation is 3. The molecular formula is C26H28FN3O4S. The van der Waals surface area contributed by atoms with Crippen LogP contribution in [-0.4, -0.2) is 36.9 Å². The molecule has 1 amide bonds. The lowest BCUT2D eigenvalue weighted by atomic mass is 9.98. The van der Waals surface area contributed by atoms with E-state index in [4.69, 9.17) is 4.52 Å². The van der Waals surface area contributed by atoms with Crippen molar-refractivity contribution in [2.75, 3.05) is 18.4 Å². The van der Waals surface area contributed by atoms with Crippen LogP contribution < -0.4 is 5.32 Å². The van der Waals surface area contributed by atoms with Gasteiger partial charge in [0, 0.05) is 24.3 Å². The fourth-order valence-electron chi connectivity index (χ4n) is 4.27. The van der Waals surface area contributed by atoms with Gasteiger partial charge in [-0.25, -0.2) is 12.8 Å². The van der Waals surface area contributed by atoms with Crippen molar-refractivity contribution in [1.82, 2.24) is 9.46 Å². The minimum atomic E-state index is -4.00. The summed E-state index contributed by atoms with van der Waals surface area (Å²) < 4.78 is 47.7. The molecule has 1 saturated heterocycles. The van der Waals surface area contributed by atoms with Crippen molar-refractivity contribution in [3.05, 3.63) is 76.4 Å². The highest BCUT2D eigenvalue weighted by molar-refractivity contribution is 7.89. The van der Waals surface area contributed by atoms with Crippen LogP contribution in [0.1, 0.15) is 41.0 Å². The van der Waals surface area contributed by atoms with Gasteiger partial charge in [-0.1, -0.05) is 41.1 Å². The molecule has 0 spiro atoms. The van der Waals surface area contributed by atoms with Crippen molar-refractivity contribution in [2.45, 2.75) is 38.5 Å². The second-order valence-electron chi connectivity index (χ2n) is 8.83. The Bertz CT molecular complexity index is 1380. The zero-order chi connectivity index (χ0) is 25.2. The van der Waals surface area contributed by atoms with E-state index in [9.17, 15) is 17.6 Å². The normalized spacial score (nSPS) is 17.1. The summed E-state index contributed by atoms with van der Waals surface area (Å²) in [6, 6.07) is 11.9. The number of anilines is 1. The van der Waals surface area contributed by atoms with E-state index in [2.05, 4.69) is 10.5 Å². The molecule has 4 rings (SSSR count). The Morgan fingerprint density at radius 1 is 1.17 bits per heavy atom. The number of amides is 1. The van der Waals surface area contributed by atoms with Crippen molar-refractivity contribution >= 4 is 33.8 Å². The van der Waals surface area contributed by atoms with Gasteiger partial charge in [0.1, 0.15) is 11.5 Å². The molecule has 184 valence electrons. The average Bonchev–Trinajstić information content (AvgIpc) is 3.21. The van der Waals surface area contributed by atoms with Gasteiger partial charge in [-0.2, -0.15) is 4.31 Å². The van der Waals surface area contributed by atoms with Gasteiger partial charge < -0.3 is 9.84 Å². The third kappa shape index (κ3) is 5.36. The number of carbonyl (C=O) groups excluding carboxylic acids is 1. The van der Waals surface area contributed by atoms with E-state index in [1.165, 1.54) is 22.5 Å². The topological polar surface area (TPSA) is 92.5 Å². The Morgan fingerprint density at radius 3 is 2.69 bits per heavy atom. The average molecular weight is 498 g/mol. The molecule has 9 heteroatoms. The monoisotopic (exact) mass is 497 g/mol. The summed E-state index contributed by atoms with van der Waals surface area (Å²) >= 11 is 0. The van der Waals surface area contributed by atoms with E-state index in [1.807, 2.05) is 32.0 Å². The molecule has 0 saturated carbocycles. The molecule has 0 aliphatic carbocycles. The number of sulfonamides is 1. The predicted octanol–water partition coefficient (Wildman–Crippen LogP) is 4.95. The molecule has 0 bridgehead atoms. The van der Waals surface area contributed by atoms with Gasteiger partial charge in [0.2, 0.25) is 15.9 Å². The highest BCUT2D eigenvalue weighted by atomic mass is 32.2. The lowest BCUT2D eigenvalue weighted by molar-refractivity contribution is -0.120. The highest BCUT2D eigenvalue weighted by Crippen LogP contribution is 2.30. The third-order valence-corrected chi connectivity index (χ3v) is 8.17. The molecule has 3 aromatic rings. The summed E-state index contributed by atoms with van der Waals surface area (Å²) in [6.07, 6.45) is 3.99. The van der Waals surface area contributed by atoms with Crippen LogP contribution >= 0.6 is 0 Å². The van der Waals surface area contributed by atoms with Crippen LogP contribution in [0.5, 0.6) is 0 Å². The minimum Gasteiger partial charge on any atom is -0.355 e. The van der Waals surface area contributed by atoms with Gasteiger partial charge in [-0.15, -0.1) is 0 Å². The first kappa shape index (κ1) is 24.8. The van der Waals surface area contributed by atoms with E-state index in [0.29, 0.717) is 18.4 Å². The number of hydrogen-bond donors (Lipinski definition) is 1. The summed E-state index contributed by atoms with van der Waals surface area (Å²) in [5.41, 5.74) is 3.27. The third-order valence-electron chi connectivity index (χ3n) is 6.15. The van der Waals surface area contributed by atoms with Crippen LogP contribution in [0.25, 0.3) is 12.2 Å². The maximum Gasteiger partial charge on any atom is 0.248 e. The number of carbonyl (C=O) groups is 1. The van der Waals surface area contributed by atoms with Gasteiger partial charge in [-0.05, 0) is 63.5 Å². The Kier molecular flexibility index (Phi) is 7.18. The molecule has 7 nitrogen and oxygen atoms in total. The number of aromatic nitrogens is 1. The Labute approximate surface area is 204 Å². The smallest absolute Gasteiger partial charge is 0.248 e. The van der Waals surface area contributed by atoms with Crippen molar-refractivity contribution in [1.29, 1.82) is 0 Å². The quantitative estimate of drug-likeness (QED) is 0.520. The molecule has 35 heavy (non-hydrogen) atoms. The van der Waals surface area contributed by atoms with Gasteiger partial charge >= 0.3 is 0 Å². The number of benzene rings is 2. The molecular weight excluding hydrogens is 469 g/mol. The molecule has 1 fully saturated rings.